The van der Waals surface area contributed by atoms with Crippen molar-refractivity contribution in [1.29, 1.82) is 0 Å². The molecule has 0 saturated carbocycles. The van der Waals surface area contributed by atoms with Gasteiger partial charge in [0.2, 0.25) is 0 Å². The second-order valence-electron chi connectivity index (χ2n) is 5.23. The van der Waals surface area contributed by atoms with Gasteiger partial charge < -0.3 is 5.32 Å². The van der Waals surface area contributed by atoms with E-state index in [1.165, 1.54) is 4.68 Å². The summed E-state index contributed by atoms with van der Waals surface area (Å²) in [7, 11) is 0. The standard InChI is InChI=1S/C18H15Cl2N3O/c19-14-6-4-5-13(11-14)9-10-21-16-12-22-23(18(24)17(16)20)15-7-2-1-3-8-15/h1-8,11-12,21H,9-10H2. The van der Waals surface area contributed by atoms with Gasteiger partial charge >= 0.3 is 0 Å². The second-order valence-corrected chi connectivity index (χ2v) is 6.05. The number of halogens is 2. The number of hydrogen-bond donors (Lipinski definition) is 1. The Balaban J connectivity index is 1.73. The van der Waals surface area contributed by atoms with Crippen molar-refractivity contribution < 1.29 is 0 Å². The maximum absolute atomic E-state index is 12.4. The molecule has 0 radical (unpaired) electrons. The zero-order valence-electron chi connectivity index (χ0n) is 12.7. The molecule has 0 aliphatic carbocycles. The lowest BCUT2D eigenvalue weighted by molar-refractivity contribution is 0.806. The second kappa shape index (κ2) is 7.51. The molecule has 0 aliphatic rings. The van der Waals surface area contributed by atoms with Crippen LogP contribution >= 0.6 is 23.2 Å². The summed E-state index contributed by atoms with van der Waals surface area (Å²) in [5.74, 6) is 0. The van der Waals surface area contributed by atoms with Crippen molar-refractivity contribution in [2.75, 3.05) is 11.9 Å². The van der Waals surface area contributed by atoms with Crippen LogP contribution in [-0.4, -0.2) is 16.3 Å². The third-order valence-electron chi connectivity index (χ3n) is 3.54. The fraction of sp³-hybridized carbons (Fsp3) is 0.111. The van der Waals surface area contributed by atoms with Crippen molar-refractivity contribution in [3.05, 3.63) is 86.8 Å². The first-order valence-corrected chi connectivity index (χ1v) is 8.22. The summed E-state index contributed by atoms with van der Waals surface area (Å²) in [6.45, 7) is 0.622. The molecule has 1 heterocycles. The zero-order valence-corrected chi connectivity index (χ0v) is 14.3. The molecule has 1 N–H and O–H groups in total. The van der Waals surface area contributed by atoms with Gasteiger partial charge in [0.1, 0.15) is 5.02 Å². The van der Waals surface area contributed by atoms with Gasteiger partial charge in [0.05, 0.1) is 17.6 Å². The van der Waals surface area contributed by atoms with Crippen LogP contribution in [0.1, 0.15) is 5.56 Å². The van der Waals surface area contributed by atoms with Crippen molar-refractivity contribution in [2.45, 2.75) is 6.42 Å². The van der Waals surface area contributed by atoms with E-state index in [0.29, 0.717) is 22.9 Å². The van der Waals surface area contributed by atoms with E-state index in [-0.39, 0.29) is 10.6 Å². The van der Waals surface area contributed by atoms with Gasteiger partial charge in [0.15, 0.2) is 0 Å². The predicted molar refractivity (Wildman–Crippen MR) is 98.5 cm³/mol. The van der Waals surface area contributed by atoms with Crippen LogP contribution in [0.5, 0.6) is 0 Å². The van der Waals surface area contributed by atoms with Gasteiger partial charge in [-0.3, -0.25) is 4.79 Å². The van der Waals surface area contributed by atoms with Gasteiger partial charge in [-0.05, 0) is 36.2 Å². The minimum Gasteiger partial charge on any atom is -0.382 e. The van der Waals surface area contributed by atoms with E-state index in [9.17, 15) is 4.79 Å². The molecule has 0 atom stereocenters. The highest BCUT2D eigenvalue weighted by Crippen LogP contribution is 2.17. The Morgan fingerprint density at radius 1 is 1.04 bits per heavy atom. The van der Waals surface area contributed by atoms with E-state index in [1.807, 2.05) is 42.5 Å². The van der Waals surface area contributed by atoms with Crippen LogP contribution < -0.4 is 10.9 Å². The van der Waals surface area contributed by atoms with Crippen molar-refractivity contribution >= 4 is 28.9 Å². The monoisotopic (exact) mass is 359 g/mol. The quantitative estimate of drug-likeness (QED) is 0.742. The molecular formula is C18H15Cl2N3O. The fourth-order valence-corrected chi connectivity index (χ4v) is 2.75. The summed E-state index contributed by atoms with van der Waals surface area (Å²) in [6, 6.07) is 16.8. The third kappa shape index (κ3) is 3.78. The first kappa shape index (κ1) is 16.6. The molecule has 1 aromatic heterocycles. The Kier molecular flexibility index (Phi) is 5.18. The Bertz CT molecular complexity index is 894. The molecule has 0 amide bonds. The Hall–Kier alpha value is -2.30. The van der Waals surface area contributed by atoms with E-state index >= 15 is 0 Å². The summed E-state index contributed by atoms with van der Waals surface area (Å²) in [5, 5.41) is 8.17. The van der Waals surface area contributed by atoms with Gasteiger partial charge in [-0.1, -0.05) is 53.5 Å². The molecule has 4 nitrogen and oxygen atoms in total. The number of rotatable bonds is 5. The molecule has 24 heavy (non-hydrogen) atoms. The van der Waals surface area contributed by atoms with Crippen LogP contribution in [0.25, 0.3) is 5.69 Å². The van der Waals surface area contributed by atoms with Gasteiger partial charge in [0.25, 0.3) is 5.56 Å². The first-order valence-electron chi connectivity index (χ1n) is 7.47. The molecule has 3 aromatic rings. The lowest BCUT2D eigenvalue weighted by atomic mass is 10.1. The highest BCUT2D eigenvalue weighted by molar-refractivity contribution is 6.33. The summed E-state index contributed by atoms with van der Waals surface area (Å²) in [4.78, 5) is 12.4. The molecule has 0 unspecified atom stereocenters. The number of hydrogen-bond acceptors (Lipinski definition) is 3. The Morgan fingerprint density at radius 3 is 2.58 bits per heavy atom. The molecule has 0 fully saturated rings. The summed E-state index contributed by atoms with van der Waals surface area (Å²) < 4.78 is 1.28. The van der Waals surface area contributed by atoms with Crippen LogP contribution in [0, 0.1) is 0 Å². The maximum Gasteiger partial charge on any atom is 0.292 e. The van der Waals surface area contributed by atoms with Crippen LogP contribution in [0.4, 0.5) is 5.69 Å². The zero-order chi connectivity index (χ0) is 16.9. The number of benzene rings is 2. The molecule has 0 spiro atoms. The topological polar surface area (TPSA) is 46.9 Å². The lowest BCUT2D eigenvalue weighted by Gasteiger charge is -2.10. The van der Waals surface area contributed by atoms with Crippen molar-refractivity contribution in [2.24, 2.45) is 0 Å². The number of aromatic nitrogens is 2. The normalized spacial score (nSPS) is 10.6. The molecular weight excluding hydrogens is 345 g/mol. The predicted octanol–water partition coefficient (Wildman–Crippen LogP) is 4.19. The SMILES string of the molecule is O=c1c(Cl)c(NCCc2cccc(Cl)c2)cnn1-c1ccccc1. The number of para-hydroxylation sites is 1. The van der Waals surface area contributed by atoms with Crippen molar-refractivity contribution in [1.82, 2.24) is 9.78 Å². The molecule has 0 bridgehead atoms. The van der Waals surface area contributed by atoms with Crippen molar-refractivity contribution in [3.63, 3.8) is 0 Å². The van der Waals surface area contributed by atoms with Crippen LogP contribution in [0.3, 0.4) is 0 Å². The highest BCUT2D eigenvalue weighted by atomic mass is 35.5. The number of nitrogens with one attached hydrogen (secondary N) is 1. The molecule has 0 aliphatic heterocycles. The van der Waals surface area contributed by atoms with Crippen LogP contribution in [0.15, 0.2) is 65.6 Å². The average Bonchev–Trinajstić information content (AvgIpc) is 2.60. The summed E-state index contributed by atoms with van der Waals surface area (Å²) >= 11 is 12.2. The lowest BCUT2D eigenvalue weighted by Crippen LogP contribution is -2.23. The van der Waals surface area contributed by atoms with E-state index in [0.717, 1.165) is 12.0 Å². The van der Waals surface area contributed by atoms with E-state index in [2.05, 4.69) is 10.4 Å². The van der Waals surface area contributed by atoms with Gasteiger partial charge in [-0.25, -0.2) is 0 Å². The molecule has 2 aromatic carbocycles. The van der Waals surface area contributed by atoms with E-state index in [1.54, 1.807) is 18.3 Å². The molecule has 3 rings (SSSR count). The average molecular weight is 360 g/mol. The molecule has 122 valence electrons. The Morgan fingerprint density at radius 2 is 1.83 bits per heavy atom. The smallest absolute Gasteiger partial charge is 0.292 e. The van der Waals surface area contributed by atoms with Crippen molar-refractivity contribution in [3.8, 4) is 5.69 Å². The minimum absolute atomic E-state index is 0.125. The van der Waals surface area contributed by atoms with Gasteiger partial charge in [-0.15, -0.1) is 0 Å². The van der Waals surface area contributed by atoms with Gasteiger partial charge in [-0.2, -0.15) is 9.78 Å². The Labute approximate surface area is 149 Å². The van der Waals surface area contributed by atoms with E-state index < -0.39 is 0 Å². The van der Waals surface area contributed by atoms with Gasteiger partial charge in [0, 0.05) is 11.6 Å². The number of nitrogens with zero attached hydrogens (tertiary/aromatic N) is 2. The fourth-order valence-electron chi connectivity index (χ4n) is 2.34. The largest absolute Gasteiger partial charge is 0.382 e. The first-order chi connectivity index (χ1) is 11.6. The summed E-state index contributed by atoms with van der Waals surface area (Å²) in [5.41, 5.74) is 1.96. The molecule has 0 saturated heterocycles. The maximum atomic E-state index is 12.4. The number of anilines is 1. The van der Waals surface area contributed by atoms with Crippen LogP contribution in [-0.2, 0) is 6.42 Å². The molecule has 6 heteroatoms. The highest BCUT2D eigenvalue weighted by Gasteiger charge is 2.10. The van der Waals surface area contributed by atoms with E-state index in [4.69, 9.17) is 23.2 Å². The minimum atomic E-state index is -0.351. The third-order valence-corrected chi connectivity index (χ3v) is 4.14. The summed E-state index contributed by atoms with van der Waals surface area (Å²) in [6.07, 6.45) is 2.33. The van der Waals surface area contributed by atoms with Crippen LogP contribution in [0.2, 0.25) is 10.0 Å².